The van der Waals surface area contributed by atoms with Crippen LogP contribution in [0.3, 0.4) is 0 Å². The van der Waals surface area contributed by atoms with Gasteiger partial charge in [0.15, 0.2) is 5.96 Å². The molecule has 0 bridgehead atoms. The second-order valence-corrected chi connectivity index (χ2v) is 8.24. The summed E-state index contributed by atoms with van der Waals surface area (Å²) in [6.45, 7) is 7.99. The maximum Gasteiger partial charge on any atom is 0.191 e. The molecule has 0 aromatic heterocycles. The average Bonchev–Trinajstić information content (AvgIpc) is 2.67. The van der Waals surface area contributed by atoms with Gasteiger partial charge in [-0.05, 0) is 44.0 Å². The standard InChI is InChI=1S/C22H31N3O2S/c1-4-23-22(24-13-14-28(26)17-20-10-6-5-7-11-20)25-16-19(3)27-21-12-8-9-18(2)15-21/h5-12,15,19H,4,13-14,16-17H2,1-3H3,(H2,23,24,25). The summed E-state index contributed by atoms with van der Waals surface area (Å²) < 4.78 is 18.2. The maximum atomic E-state index is 12.2. The van der Waals surface area contributed by atoms with Crippen LogP contribution < -0.4 is 15.4 Å². The first kappa shape index (κ1) is 22.0. The van der Waals surface area contributed by atoms with Gasteiger partial charge < -0.3 is 15.4 Å². The van der Waals surface area contributed by atoms with Crippen LogP contribution in [0, 0.1) is 6.92 Å². The number of guanidine groups is 1. The van der Waals surface area contributed by atoms with Crippen molar-refractivity contribution < 1.29 is 8.95 Å². The van der Waals surface area contributed by atoms with E-state index in [1.54, 1.807) is 0 Å². The molecule has 5 nitrogen and oxygen atoms in total. The number of hydrogen-bond acceptors (Lipinski definition) is 3. The number of aryl methyl sites for hydroxylation is 1. The van der Waals surface area contributed by atoms with Crippen molar-refractivity contribution >= 4 is 16.8 Å². The molecule has 0 heterocycles. The van der Waals surface area contributed by atoms with Crippen LogP contribution in [0.1, 0.15) is 25.0 Å². The summed E-state index contributed by atoms with van der Waals surface area (Å²) in [4.78, 5) is 4.58. The number of benzene rings is 2. The zero-order valence-electron chi connectivity index (χ0n) is 17.0. The summed E-state index contributed by atoms with van der Waals surface area (Å²) in [6, 6.07) is 17.9. The van der Waals surface area contributed by atoms with E-state index in [0.717, 1.165) is 23.8 Å². The van der Waals surface area contributed by atoms with Crippen LogP contribution in [0.2, 0.25) is 0 Å². The lowest BCUT2D eigenvalue weighted by Crippen LogP contribution is -2.39. The van der Waals surface area contributed by atoms with E-state index < -0.39 is 10.8 Å². The van der Waals surface area contributed by atoms with Gasteiger partial charge in [0, 0.05) is 35.4 Å². The predicted molar refractivity (Wildman–Crippen MR) is 118 cm³/mol. The predicted octanol–water partition coefficient (Wildman–Crippen LogP) is 3.27. The van der Waals surface area contributed by atoms with Crippen molar-refractivity contribution in [2.24, 2.45) is 4.99 Å². The lowest BCUT2D eigenvalue weighted by Gasteiger charge is -2.15. The molecule has 2 aromatic rings. The summed E-state index contributed by atoms with van der Waals surface area (Å²) >= 11 is 0. The first-order valence-electron chi connectivity index (χ1n) is 9.71. The molecule has 152 valence electrons. The molecule has 0 fully saturated rings. The number of ether oxygens (including phenoxy) is 1. The lowest BCUT2D eigenvalue weighted by molar-refractivity contribution is 0.230. The molecule has 2 aromatic carbocycles. The van der Waals surface area contributed by atoms with Crippen molar-refractivity contribution in [1.29, 1.82) is 0 Å². The first-order chi connectivity index (χ1) is 13.6. The highest BCUT2D eigenvalue weighted by molar-refractivity contribution is 7.84. The molecule has 2 unspecified atom stereocenters. The maximum absolute atomic E-state index is 12.2. The fourth-order valence-electron chi connectivity index (χ4n) is 2.64. The Bertz CT molecular complexity index is 765. The van der Waals surface area contributed by atoms with Gasteiger partial charge in [-0.1, -0.05) is 42.5 Å². The molecule has 0 saturated carbocycles. The van der Waals surface area contributed by atoms with Crippen molar-refractivity contribution in [2.75, 3.05) is 25.4 Å². The summed E-state index contributed by atoms with van der Waals surface area (Å²) in [5.41, 5.74) is 2.27. The third kappa shape index (κ3) is 8.57. The minimum Gasteiger partial charge on any atom is -0.489 e. The van der Waals surface area contributed by atoms with E-state index in [1.165, 1.54) is 5.56 Å². The number of hydrogen-bond donors (Lipinski definition) is 2. The largest absolute Gasteiger partial charge is 0.489 e. The number of aliphatic imine (C=N–C) groups is 1. The number of rotatable bonds is 10. The van der Waals surface area contributed by atoms with Gasteiger partial charge in [0.1, 0.15) is 11.9 Å². The molecule has 0 aliphatic rings. The zero-order chi connectivity index (χ0) is 20.2. The molecule has 0 spiro atoms. The van der Waals surface area contributed by atoms with Crippen LogP contribution in [-0.2, 0) is 16.6 Å². The normalized spacial score (nSPS) is 13.6. The highest BCUT2D eigenvalue weighted by Gasteiger charge is 2.06. The van der Waals surface area contributed by atoms with E-state index in [1.807, 2.05) is 75.4 Å². The monoisotopic (exact) mass is 401 g/mol. The molecular weight excluding hydrogens is 370 g/mol. The van der Waals surface area contributed by atoms with Crippen LogP contribution in [0.25, 0.3) is 0 Å². The van der Waals surface area contributed by atoms with E-state index in [2.05, 4.69) is 15.6 Å². The molecular formula is C22H31N3O2S. The Morgan fingerprint density at radius 1 is 1.14 bits per heavy atom. The Morgan fingerprint density at radius 2 is 1.93 bits per heavy atom. The second-order valence-electron chi connectivity index (χ2n) is 6.67. The first-order valence-corrected chi connectivity index (χ1v) is 11.2. The Labute approximate surface area is 171 Å². The minimum atomic E-state index is -0.903. The van der Waals surface area contributed by atoms with Crippen LogP contribution in [0.15, 0.2) is 59.6 Å². The molecule has 0 saturated heterocycles. The highest BCUT2D eigenvalue weighted by atomic mass is 32.2. The van der Waals surface area contributed by atoms with E-state index in [9.17, 15) is 4.21 Å². The van der Waals surface area contributed by atoms with E-state index >= 15 is 0 Å². The van der Waals surface area contributed by atoms with Gasteiger partial charge in [0.05, 0.1) is 6.54 Å². The quantitative estimate of drug-likeness (QED) is 0.474. The van der Waals surface area contributed by atoms with Crippen LogP contribution in [0.5, 0.6) is 5.75 Å². The fraction of sp³-hybridized carbons (Fsp3) is 0.409. The zero-order valence-corrected chi connectivity index (χ0v) is 17.8. The third-order valence-corrected chi connectivity index (χ3v) is 5.28. The molecule has 2 rings (SSSR count). The van der Waals surface area contributed by atoms with E-state index in [0.29, 0.717) is 24.6 Å². The van der Waals surface area contributed by atoms with Gasteiger partial charge in [0.25, 0.3) is 0 Å². The van der Waals surface area contributed by atoms with Crippen LogP contribution in [-0.4, -0.2) is 41.7 Å². The van der Waals surface area contributed by atoms with E-state index in [4.69, 9.17) is 4.74 Å². The van der Waals surface area contributed by atoms with Crippen LogP contribution >= 0.6 is 0 Å². The summed E-state index contributed by atoms with van der Waals surface area (Å²) in [6.07, 6.45) is -0.0375. The van der Waals surface area contributed by atoms with Gasteiger partial charge in [-0.2, -0.15) is 0 Å². The van der Waals surface area contributed by atoms with Crippen LogP contribution in [0.4, 0.5) is 0 Å². The third-order valence-electron chi connectivity index (χ3n) is 3.97. The Morgan fingerprint density at radius 3 is 2.64 bits per heavy atom. The molecule has 2 atom stereocenters. The van der Waals surface area contributed by atoms with Gasteiger partial charge in [-0.15, -0.1) is 0 Å². The summed E-state index contributed by atoms with van der Waals surface area (Å²) in [5.74, 6) is 2.74. The number of nitrogens with zero attached hydrogens (tertiary/aromatic N) is 1. The minimum absolute atomic E-state index is 0.0375. The van der Waals surface area contributed by atoms with Crippen molar-refractivity contribution in [3.63, 3.8) is 0 Å². The van der Waals surface area contributed by atoms with Crippen molar-refractivity contribution in [3.8, 4) is 5.75 Å². The molecule has 28 heavy (non-hydrogen) atoms. The van der Waals surface area contributed by atoms with Crippen molar-refractivity contribution in [2.45, 2.75) is 32.6 Å². The summed E-state index contributed by atoms with van der Waals surface area (Å²) in [5, 5.41) is 6.47. The topological polar surface area (TPSA) is 62.7 Å². The summed E-state index contributed by atoms with van der Waals surface area (Å²) in [7, 11) is -0.903. The molecule has 2 N–H and O–H groups in total. The SMILES string of the molecule is CCNC(=NCC(C)Oc1cccc(C)c1)NCCS(=O)Cc1ccccc1. The Kier molecular flexibility index (Phi) is 9.55. The fourth-order valence-corrected chi connectivity index (χ4v) is 3.67. The van der Waals surface area contributed by atoms with Gasteiger partial charge >= 0.3 is 0 Å². The molecule has 0 amide bonds. The average molecular weight is 402 g/mol. The molecule has 0 aliphatic carbocycles. The molecule has 6 heteroatoms. The van der Waals surface area contributed by atoms with Crippen molar-refractivity contribution in [3.05, 3.63) is 65.7 Å². The Hall–Kier alpha value is -2.34. The number of nitrogens with one attached hydrogen (secondary N) is 2. The Balaban J connectivity index is 1.77. The second kappa shape index (κ2) is 12.2. The van der Waals surface area contributed by atoms with E-state index in [-0.39, 0.29) is 6.10 Å². The highest BCUT2D eigenvalue weighted by Crippen LogP contribution is 2.14. The lowest BCUT2D eigenvalue weighted by atomic mass is 10.2. The van der Waals surface area contributed by atoms with Crippen molar-refractivity contribution in [1.82, 2.24) is 10.6 Å². The molecule has 0 aliphatic heterocycles. The van der Waals surface area contributed by atoms with Gasteiger partial charge in [-0.3, -0.25) is 4.21 Å². The smallest absolute Gasteiger partial charge is 0.191 e. The molecule has 0 radical (unpaired) electrons. The van der Waals surface area contributed by atoms with Gasteiger partial charge in [-0.25, -0.2) is 4.99 Å². The van der Waals surface area contributed by atoms with Gasteiger partial charge in [0.2, 0.25) is 0 Å².